The Hall–Kier alpha value is -3.67. The number of hydrogen-bond acceptors (Lipinski definition) is 7. The second-order valence-corrected chi connectivity index (χ2v) is 8.34. The van der Waals surface area contributed by atoms with Gasteiger partial charge >= 0.3 is 5.97 Å². The minimum atomic E-state index is -1.30. The van der Waals surface area contributed by atoms with Crippen molar-refractivity contribution >= 4 is 47.5 Å². The molecule has 0 aliphatic carbocycles. The molecule has 2 saturated heterocycles. The first kappa shape index (κ1) is 25.0. The predicted molar refractivity (Wildman–Crippen MR) is 115 cm³/mol. The third-order valence-electron chi connectivity index (χ3n) is 5.57. The zero-order valence-corrected chi connectivity index (χ0v) is 18.7. The summed E-state index contributed by atoms with van der Waals surface area (Å²) in [5.41, 5.74) is 0.0819. The zero-order chi connectivity index (χ0) is 25.0. The SMILES string of the molecule is O=C[C@H](CC(=O)O)NC(=O)[C@@H]1CCCN2C(=O)CC[C@H](NC(=O)c3ccc(O)c(Cl)c3)C(=O)N12. The second-order valence-electron chi connectivity index (χ2n) is 7.94. The quantitative estimate of drug-likeness (QED) is 0.378. The summed E-state index contributed by atoms with van der Waals surface area (Å²) in [6, 6.07) is 0.166. The molecule has 2 fully saturated rings. The standard InChI is InChI=1S/C21H23ClN4O8/c22-13-8-11(3-5-16(13)28)19(32)24-14-4-6-17(29)25-7-1-2-15(26(25)21(14)34)20(33)23-12(10-27)9-18(30)31/h3,5,8,10,12,14-15,28H,1-2,4,6-7,9H2,(H,23,33)(H,24,32)(H,30,31)/t12-,14-,15-/m0/s1. The van der Waals surface area contributed by atoms with Gasteiger partial charge in [0.15, 0.2) is 0 Å². The van der Waals surface area contributed by atoms with E-state index >= 15 is 0 Å². The molecule has 12 nitrogen and oxygen atoms in total. The van der Waals surface area contributed by atoms with Crippen molar-refractivity contribution in [1.29, 1.82) is 0 Å². The van der Waals surface area contributed by atoms with Crippen LogP contribution in [0, 0.1) is 0 Å². The molecule has 3 atom stereocenters. The Kier molecular flexibility index (Phi) is 7.72. The van der Waals surface area contributed by atoms with Gasteiger partial charge in [-0.15, -0.1) is 0 Å². The Bertz CT molecular complexity index is 1030. The van der Waals surface area contributed by atoms with Crippen molar-refractivity contribution < 1.29 is 39.0 Å². The molecule has 3 rings (SSSR count). The number of carbonyl (C=O) groups is 6. The van der Waals surface area contributed by atoms with E-state index < -0.39 is 54.1 Å². The van der Waals surface area contributed by atoms with Crippen LogP contribution in [0.25, 0.3) is 0 Å². The molecule has 2 aliphatic rings. The van der Waals surface area contributed by atoms with E-state index in [2.05, 4.69) is 10.6 Å². The number of hydrogen-bond donors (Lipinski definition) is 4. The molecule has 2 aliphatic heterocycles. The molecule has 0 radical (unpaired) electrons. The number of nitrogens with zero attached hydrogens (tertiary/aromatic N) is 2. The molecule has 4 N–H and O–H groups in total. The zero-order valence-electron chi connectivity index (χ0n) is 17.9. The van der Waals surface area contributed by atoms with Crippen LogP contribution in [-0.2, 0) is 24.0 Å². The van der Waals surface area contributed by atoms with E-state index in [4.69, 9.17) is 16.7 Å². The van der Waals surface area contributed by atoms with Gasteiger partial charge in [-0.25, -0.2) is 5.01 Å². The molecular weight excluding hydrogens is 472 g/mol. The number of phenolic OH excluding ortho intramolecular Hbond substituents is 1. The number of benzene rings is 1. The summed E-state index contributed by atoms with van der Waals surface area (Å²) in [5.74, 6) is -4.05. The molecule has 0 spiro atoms. The molecular formula is C21H23ClN4O8. The summed E-state index contributed by atoms with van der Waals surface area (Å²) in [4.78, 5) is 73.7. The van der Waals surface area contributed by atoms with Crippen LogP contribution < -0.4 is 10.6 Å². The number of aromatic hydroxyl groups is 1. The summed E-state index contributed by atoms with van der Waals surface area (Å²) < 4.78 is 0. The van der Waals surface area contributed by atoms with Crippen molar-refractivity contribution in [2.45, 2.75) is 50.2 Å². The van der Waals surface area contributed by atoms with Gasteiger partial charge in [-0.05, 0) is 37.5 Å². The first-order valence-corrected chi connectivity index (χ1v) is 10.9. The molecule has 1 aromatic rings. The number of phenols is 1. The Morgan fingerprint density at radius 3 is 2.62 bits per heavy atom. The number of carboxylic acids is 1. The lowest BCUT2D eigenvalue weighted by molar-refractivity contribution is -0.176. The third kappa shape index (κ3) is 5.45. The molecule has 1 aromatic carbocycles. The highest BCUT2D eigenvalue weighted by Crippen LogP contribution is 2.26. The normalized spacial score (nSPS) is 21.2. The number of nitrogens with one attached hydrogen (secondary N) is 2. The number of halogens is 1. The highest BCUT2D eigenvalue weighted by Gasteiger charge is 2.45. The molecule has 34 heavy (non-hydrogen) atoms. The van der Waals surface area contributed by atoms with Crippen LogP contribution in [0.1, 0.15) is 42.5 Å². The van der Waals surface area contributed by atoms with Gasteiger partial charge in [0.2, 0.25) is 11.8 Å². The van der Waals surface area contributed by atoms with Gasteiger partial charge in [0.05, 0.1) is 17.5 Å². The Balaban J connectivity index is 1.82. The lowest BCUT2D eigenvalue weighted by Crippen LogP contribution is -2.64. The predicted octanol–water partition coefficient (Wildman–Crippen LogP) is -0.169. The van der Waals surface area contributed by atoms with Crippen LogP contribution >= 0.6 is 11.6 Å². The van der Waals surface area contributed by atoms with E-state index in [9.17, 15) is 33.9 Å². The Labute approximate surface area is 198 Å². The minimum Gasteiger partial charge on any atom is -0.506 e. The maximum Gasteiger partial charge on any atom is 0.305 e. The fourth-order valence-corrected chi connectivity index (χ4v) is 4.08. The fourth-order valence-electron chi connectivity index (χ4n) is 3.90. The number of aldehydes is 1. The first-order valence-electron chi connectivity index (χ1n) is 10.5. The second kappa shape index (κ2) is 10.5. The van der Waals surface area contributed by atoms with Crippen molar-refractivity contribution in [1.82, 2.24) is 20.7 Å². The maximum absolute atomic E-state index is 13.4. The molecule has 0 bridgehead atoms. The molecule has 0 unspecified atom stereocenters. The summed E-state index contributed by atoms with van der Waals surface area (Å²) >= 11 is 5.84. The lowest BCUT2D eigenvalue weighted by atomic mass is 10.0. The number of amides is 4. The smallest absolute Gasteiger partial charge is 0.305 e. The summed E-state index contributed by atoms with van der Waals surface area (Å²) in [7, 11) is 0. The van der Waals surface area contributed by atoms with Gasteiger partial charge in [0.25, 0.3) is 11.8 Å². The highest BCUT2D eigenvalue weighted by molar-refractivity contribution is 6.32. The number of fused-ring (bicyclic) bond motifs is 1. The van der Waals surface area contributed by atoms with E-state index in [1.54, 1.807) is 0 Å². The topological polar surface area (TPSA) is 173 Å². The van der Waals surface area contributed by atoms with E-state index in [1.807, 2.05) is 0 Å². The maximum atomic E-state index is 13.4. The summed E-state index contributed by atoms with van der Waals surface area (Å²) in [6.07, 6.45) is 0.163. The van der Waals surface area contributed by atoms with Gasteiger partial charge < -0.3 is 25.6 Å². The van der Waals surface area contributed by atoms with Crippen LogP contribution in [0.5, 0.6) is 5.75 Å². The summed E-state index contributed by atoms with van der Waals surface area (Å²) in [6.45, 7) is 0.189. The van der Waals surface area contributed by atoms with E-state index in [0.717, 1.165) is 10.0 Å². The van der Waals surface area contributed by atoms with Crippen molar-refractivity contribution in [2.24, 2.45) is 0 Å². The molecule has 0 saturated carbocycles. The van der Waals surface area contributed by atoms with Gasteiger partial charge in [0, 0.05) is 18.5 Å². The largest absolute Gasteiger partial charge is 0.506 e. The lowest BCUT2D eigenvalue weighted by Gasteiger charge is -2.43. The van der Waals surface area contributed by atoms with Crippen molar-refractivity contribution in [3.63, 3.8) is 0 Å². The van der Waals surface area contributed by atoms with Crippen LogP contribution in [0.3, 0.4) is 0 Å². The fraction of sp³-hybridized carbons (Fsp3) is 0.429. The summed E-state index contributed by atoms with van der Waals surface area (Å²) in [5, 5.41) is 25.4. The number of aliphatic carboxylic acids is 1. The van der Waals surface area contributed by atoms with E-state index in [0.29, 0.717) is 6.42 Å². The monoisotopic (exact) mass is 494 g/mol. The molecule has 2 heterocycles. The first-order chi connectivity index (χ1) is 16.1. The van der Waals surface area contributed by atoms with Crippen molar-refractivity contribution in [2.75, 3.05) is 6.54 Å². The average molecular weight is 495 g/mol. The van der Waals surface area contributed by atoms with Crippen LogP contribution in [0.4, 0.5) is 0 Å². The highest BCUT2D eigenvalue weighted by atomic mass is 35.5. The number of carboxylic acid groups (broad SMARTS) is 1. The van der Waals surface area contributed by atoms with Crippen LogP contribution in [0.15, 0.2) is 18.2 Å². The van der Waals surface area contributed by atoms with Crippen LogP contribution in [0.2, 0.25) is 5.02 Å². The number of carbonyl (C=O) groups excluding carboxylic acids is 5. The van der Waals surface area contributed by atoms with Crippen LogP contribution in [-0.4, -0.2) is 80.8 Å². The van der Waals surface area contributed by atoms with Gasteiger partial charge in [-0.2, -0.15) is 0 Å². The van der Waals surface area contributed by atoms with Gasteiger partial charge in [0.1, 0.15) is 24.1 Å². The van der Waals surface area contributed by atoms with E-state index in [-0.39, 0.29) is 48.4 Å². The Morgan fingerprint density at radius 2 is 1.97 bits per heavy atom. The minimum absolute atomic E-state index is 0.00740. The molecule has 4 amide bonds. The van der Waals surface area contributed by atoms with Crippen molar-refractivity contribution in [3.05, 3.63) is 28.8 Å². The molecule has 182 valence electrons. The van der Waals surface area contributed by atoms with Gasteiger partial charge in [-0.1, -0.05) is 11.6 Å². The van der Waals surface area contributed by atoms with E-state index in [1.165, 1.54) is 18.2 Å². The number of hydrazine groups is 1. The third-order valence-corrected chi connectivity index (χ3v) is 5.87. The Morgan fingerprint density at radius 1 is 1.24 bits per heavy atom. The molecule has 13 heteroatoms. The number of rotatable bonds is 7. The average Bonchev–Trinajstić information content (AvgIpc) is 2.92. The van der Waals surface area contributed by atoms with Gasteiger partial charge in [-0.3, -0.25) is 29.0 Å². The molecule has 0 aromatic heterocycles. The van der Waals surface area contributed by atoms with Crippen molar-refractivity contribution in [3.8, 4) is 5.75 Å².